The number of methoxy groups -OCH3 is 2. The molecule has 0 spiro atoms. The summed E-state index contributed by atoms with van der Waals surface area (Å²) in [6.07, 6.45) is 0.436. The van der Waals surface area contributed by atoms with Crippen molar-refractivity contribution in [1.29, 1.82) is 0 Å². The standard InChI is InChI=1S/C20H20BrCl2N3O3/c1-10-9-13-14(16(23)19(29-4)18(28-3)15(13)22)17(25-26(10)20(27)24-2)11-5-7-12(21)8-6-11/h5-8,10H,9H2,1-4H3,(H,24,27)/t10-/m1/s1. The van der Waals surface area contributed by atoms with Gasteiger partial charge in [-0.15, -0.1) is 0 Å². The number of carbonyl (C=O) groups is 1. The van der Waals surface area contributed by atoms with E-state index in [0.29, 0.717) is 39.2 Å². The summed E-state index contributed by atoms with van der Waals surface area (Å²) >= 11 is 16.9. The van der Waals surface area contributed by atoms with Crippen LogP contribution in [0.3, 0.4) is 0 Å². The van der Waals surface area contributed by atoms with E-state index in [-0.39, 0.29) is 12.1 Å². The largest absolute Gasteiger partial charge is 0.491 e. The van der Waals surface area contributed by atoms with Gasteiger partial charge in [0.2, 0.25) is 0 Å². The lowest BCUT2D eigenvalue weighted by Crippen LogP contribution is -2.41. The van der Waals surface area contributed by atoms with Crippen molar-refractivity contribution in [3.05, 3.63) is 55.5 Å². The van der Waals surface area contributed by atoms with Gasteiger partial charge in [-0.1, -0.05) is 51.3 Å². The van der Waals surface area contributed by atoms with Crippen LogP contribution < -0.4 is 14.8 Å². The molecule has 0 aromatic heterocycles. The van der Waals surface area contributed by atoms with Crippen molar-refractivity contribution in [2.75, 3.05) is 21.3 Å². The molecule has 2 amide bonds. The Morgan fingerprint density at radius 2 is 1.76 bits per heavy atom. The van der Waals surface area contributed by atoms with Gasteiger partial charge in [-0.3, -0.25) is 0 Å². The normalized spacial score (nSPS) is 15.9. The fraction of sp³-hybridized carbons (Fsp3) is 0.300. The number of amides is 2. The first-order valence-electron chi connectivity index (χ1n) is 8.81. The molecule has 6 nitrogen and oxygen atoms in total. The van der Waals surface area contributed by atoms with Gasteiger partial charge in [-0.2, -0.15) is 5.10 Å². The molecule has 1 N–H and O–H groups in total. The molecular formula is C20H20BrCl2N3O3. The van der Waals surface area contributed by atoms with Gasteiger partial charge in [-0.05, 0) is 31.0 Å². The molecular weight excluding hydrogens is 481 g/mol. The van der Waals surface area contributed by atoms with E-state index in [4.69, 9.17) is 32.7 Å². The summed E-state index contributed by atoms with van der Waals surface area (Å²) in [5.41, 5.74) is 2.67. The number of benzene rings is 2. The number of urea groups is 1. The van der Waals surface area contributed by atoms with Gasteiger partial charge in [0.15, 0.2) is 11.5 Å². The van der Waals surface area contributed by atoms with Crippen LogP contribution in [0.5, 0.6) is 11.5 Å². The third-order valence-electron chi connectivity index (χ3n) is 4.70. The number of fused-ring (bicyclic) bond motifs is 1. The molecule has 154 valence electrons. The van der Waals surface area contributed by atoms with Gasteiger partial charge in [0.25, 0.3) is 0 Å². The maximum atomic E-state index is 12.5. The van der Waals surface area contributed by atoms with E-state index in [1.807, 2.05) is 31.2 Å². The van der Waals surface area contributed by atoms with Gasteiger partial charge < -0.3 is 14.8 Å². The zero-order valence-electron chi connectivity index (χ0n) is 16.3. The predicted molar refractivity (Wildman–Crippen MR) is 119 cm³/mol. The van der Waals surface area contributed by atoms with Crippen molar-refractivity contribution in [2.45, 2.75) is 19.4 Å². The highest BCUT2D eigenvalue weighted by Gasteiger charge is 2.33. The molecule has 0 fully saturated rings. The number of halogens is 3. The van der Waals surface area contributed by atoms with Gasteiger partial charge >= 0.3 is 6.03 Å². The Kier molecular flexibility index (Phi) is 6.61. The van der Waals surface area contributed by atoms with Crippen LogP contribution in [-0.4, -0.2) is 44.1 Å². The zero-order valence-corrected chi connectivity index (χ0v) is 19.4. The van der Waals surface area contributed by atoms with Crippen molar-refractivity contribution >= 4 is 50.9 Å². The molecule has 29 heavy (non-hydrogen) atoms. The molecule has 0 radical (unpaired) electrons. The lowest BCUT2D eigenvalue weighted by molar-refractivity contribution is 0.184. The van der Waals surface area contributed by atoms with E-state index in [0.717, 1.165) is 15.6 Å². The van der Waals surface area contributed by atoms with Crippen molar-refractivity contribution in [1.82, 2.24) is 10.3 Å². The first-order valence-corrected chi connectivity index (χ1v) is 10.4. The quantitative estimate of drug-likeness (QED) is 0.636. The van der Waals surface area contributed by atoms with Crippen LogP contribution in [0, 0.1) is 0 Å². The van der Waals surface area contributed by atoms with Crippen molar-refractivity contribution in [3.63, 3.8) is 0 Å². The molecule has 2 aromatic rings. The summed E-state index contributed by atoms with van der Waals surface area (Å²) in [7, 11) is 4.57. The third kappa shape index (κ3) is 3.91. The monoisotopic (exact) mass is 499 g/mol. The van der Waals surface area contributed by atoms with Crippen LogP contribution in [0.25, 0.3) is 0 Å². The SMILES string of the molecule is CNC(=O)N1N=C(c2ccc(Br)cc2)c2c(Cl)c(OC)c(OC)c(Cl)c2C[C@H]1C. The summed E-state index contributed by atoms with van der Waals surface area (Å²) < 4.78 is 11.9. The predicted octanol–water partition coefficient (Wildman–Crippen LogP) is 5.11. The van der Waals surface area contributed by atoms with E-state index < -0.39 is 0 Å². The van der Waals surface area contributed by atoms with Crippen LogP contribution in [-0.2, 0) is 6.42 Å². The Morgan fingerprint density at radius 1 is 1.17 bits per heavy atom. The number of nitrogens with zero attached hydrogens (tertiary/aromatic N) is 2. The van der Waals surface area contributed by atoms with Gasteiger partial charge in [0.05, 0.1) is 30.3 Å². The molecule has 9 heteroatoms. The zero-order chi connectivity index (χ0) is 21.3. The number of ether oxygens (including phenoxy) is 2. The molecule has 0 bridgehead atoms. The molecule has 1 aliphatic rings. The highest BCUT2D eigenvalue weighted by Crippen LogP contribution is 2.47. The third-order valence-corrected chi connectivity index (χ3v) is 5.99. The minimum atomic E-state index is -0.328. The van der Waals surface area contributed by atoms with Gasteiger partial charge in [0, 0.05) is 22.6 Å². The van der Waals surface area contributed by atoms with E-state index in [1.165, 1.54) is 19.2 Å². The minimum Gasteiger partial charge on any atom is -0.491 e. The smallest absolute Gasteiger partial charge is 0.337 e. The molecule has 1 atom stereocenters. The number of rotatable bonds is 3. The Morgan fingerprint density at radius 3 is 2.31 bits per heavy atom. The molecule has 0 aliphatic carbocycles. The fourth-order valence-corrected chi connectivity index (χ4v) is 4.27. The Labute approximate surface area is 187 Å². The van der Waals surface area contributed by atoms with Gasteiger partial charge in [0.1, 0.15) is 5.71 Å². The van der Waals surface area contributed by atoms with E-state index in [9.17, 15) is 4.79 Å². The molecule has 0 saturated carbocycles. The fourth-order valence-electron chi connectivity index (χ4n) is 3.30. The average molecular weight is 501 g/mol. The molecule has 2 aromatic carbocycles. The number of hydrogen-bond acceptors (Lipinski definition) is 4. The van der Waals surface area contributed by atoms with E-state index in [2.05, 4.69) is 26.3 Å². The summed E-state index contributed by atoms with van der Waals surface area (Å²) in [5, 5.41) is 9.44. The summed E-state index contributed by atoms with van der Waals surface area (Å²) in [4.78, 5) is 12.5. The van der Waals surface area contributed by atoms with Crippen LogP contribution in [0.4, 0.5) is 4.79 Å². The van der Waals surface area contributed by atoms with Crippen molar-refractivity contribution in [2.24, 2.45) is 5.10 Å². The van der Waals surface area contributed by atoms with Crippen molar-refractivity contribution < 1.29 is 14.3 Å². The lowest BCUT2D eigenvalue weighted by Gasteiger charge is -2.23. The molecule has 0 unspecified atom stereocenters. The number of carbonyl (C=O) groups excluding carboxylic acids is 1. The highest BCUT2D eigenvalue weighted by molar-refractivity contribution is 9.10. The second-order valence-electron chi connectivity index (χ2n) is 6.46. The second-order valence-corrected chi connectivity index (χ2v) is 8.13. The van der Waals surface area contributed by atoms with Crippen LogP contribution in [0.15, 0.2) is 33.8 Å². The number of hydrogen-bond donors (Lipinski definition) is 1. The maximum Gasteiger partial charge on any atom is 0.337 e. The van der Waals surface area contributed by atoms with Gasteiger partial charge in [-0.25, -0.2) is 9.80 Å². The summed E-state index contributed by atoms with van der Waals surface area (Å²) in [6, 6.07) is 6.98. The number of hydrazone groups is 1. The first-order chi connectivity index (χ1) is 13.8. The average Bonchev–Trinajstić information content (AvgIpc) is 2.87. The Hall–Kier alpha value is -1.96. The summed E-state index contributed by atoms with van der Waals surface area (Å²) in [6.45, 7) is 1.90. The van der Waals surface area contributed by atoms with Crippen LogP contribution in [0.1, 0.15) is 23.6 Å². The highest BCUT2D eigenvalue weighted by atomic mass is 79.9. The molecule has 1 aliphatic heterocycles. The molecule has 1 heterocycles. The second kappa shape index (κ2) is 8.81. The first kappa shape index (κ1) is 21.7. The van der Waals surface area contributed by atoms with Crippen LogP contribution >= 0.6 is 39.1 Å². The topological polar surface area (TPSA) is 63.2 Å². The number of nitrogens with one attached hydrogen (secondary N) is 1. The van der Waals surface area contributed by atoms with Crippen LogP contribution in [0.2, 0.25) is 10.0 Å². The lowest BCUT2D eigenvalue weighted by atomic mass is 9.93. The Balaban J connectivity index is 2.38. The Bertz CT molecular complexity index is 980. The van der Waals surface area contributed by atoms with Crippen molar-refractivity contribution in [3.8, 4) is 11.5 Å². The van der Waals surface area contributed by atoms with E-state index in [1.54, 1.807) is 7.05 Å². The molecule has 3 rings (SSSR count). The maximum absolute atomic E-state index is 12.5. The minimum absolute atomic E-state index is 0.270. The van der Waals surface area contributed by atoms with E-state index >= 15 is 0 Å². The summed E-state index contributed by atoms with van der Waals surface area (Å²) in [5.74, 6) is 0.678. The molecule has 0 saturated heterocycles.